The summed E-state index contributed by atoms with van der Waals surface area (Å²) >= 11 is 0. The Balaban J connectivity index is 1.91. The first-order valence-corrected chi connectivity index (χ1v) is 7.50. The molecule has 0 spiro atoms. The van der Waals surface area contributed by atoms with Crippen LogP contribution < -0.4 is 5.32 Å². The van der Waals surface area contributed by atoms with Crippen LogP contribution in [0.5, 0.6) is 0 Å². The van der Waals surface area contributed by atoms with Crippen LogP contribution in [-0.4, -0.2) is 59.3 Å². The number of rotatable bonds is 4. The van der Waals surface area contributed by atoms with Gasteiger partial charge in [0.2, 0.25) is 0 Å². The number of hydrogen-bond donors (Lipinski definition) is 1. The maximum atomic E-state index is 11.8. The predicted molar refractivity (Wildman–Crippen MR) is 82.8 cm³/mol. The van der Waals surface area contributed by atoms with Crippen molar-refractivity contribution in [2.75, 3.05) is 33.9 Å². The van der Waals surface area contributed by atoms with Gasteiger partial charge in [-0.25, -0.2) is 9.78 Å². The van der Waals surface area contributed by atoms with Gasteiger partial charge in [-0.3, -0.25) is 4.98 Å². The maximum absolute atomic E-state index is 11.8. The summed E-state index contributed by atoms with van der Waals surface area (Å²) in [5, 5.41) is 2.68. The third kappa shape index (κ3) is 2.64. The largest absolute Gasteiger partial charge is 0.383 e. The summed E-state index contributed by atoms with van der Waals surface area (Å²) in [5.41, 5.74) is 1.97. The normalized spacial score (nSPS) is 18.1. The summed E-state index contributed by atoms with van der Waals surface area (Å²) in [5.74, 6) is 1.27. The van der Waals surface area contributed by atoms with Gasteiger partial charge in [-0.1, -0.05) is 0 Å². The van der Waals surface area contributed by atoms with Gasteiger partial charge in [0.1, 0.15) is 5.82 Å². The number of methoxy groups -OCH3 is 1. The molecule has 1 fully saturated rings. The fraction of sp³-hybridized carbons (Fsp3) is 0.533. The molecule has 3 rings (SSSR count). The van der Waals surface area contributed by atoms with Crippen LogP contribution in [0.4, 0.5) is 4.79 Å². The first-order chi connectivity index (χ1) is 10.7. The van der Waals surface area contributed by atoms with Gasteiger partial charge < -0.3 is 19.5 Å². The Labute approximate surface area is 129 Å². The summed E-state index contributed by atoms with van der Waals surface area (Å²) in [4.78, 5) is 22.6. The van der Waals surface area contributed by atoms with Crippen molar-refractivity contribution >= 4 is 17.1 Å². The molecule has 1 aliphatic rings. The van der Waals surface area contributed by atoms with E-state index in [1.807, 2.05) is 17.2 Å². The molecule has 0 unspecified atom stereocenters. The van der Waals surface area contributed by atoms with E-state index >= 15 is 0 Å². The van der Waals surface area contributed by atoms with Crippen LogP contribution in [0.2, 0.25) is 0 Å². The van der Waals surface area contributed by atoms with Crippen molar-refractivity contribution < 1.29 is 9.53 Å². The van der Waals surface area contributed by atoms with E-state index in [-0.39, 0.29) is 11.9 Å². The molecule has 2 amide bonds. The highest BCUT2D eigenvalue weighted by Crippen LogP contribution is 2.29. The van der Waals surface area contributed by atoms with Gasteiger partial charge >= 0.3 is 6.03 Å². The lowest BCUT2D eigenvalue weighted by molar-refractivity contribution is 0.187. The van der Waals surface area contributed by atoms with Gasteiger partial charge in [0.25, 0.3) is 0 Å². The van der Waals surface area contributed by atoms with E-state index in [1.165, 1.54) is 0 Å². The third-order valence-electron chi connectivity index (χ3n) is 4.15. The second-order valence-electron chi connectivity index (χ2n) is 5.47. The minimum Gasteiger partial charge on any atom is -0.383 e. The van der Waals surface area contributed by atoms with Crippen molar-refractivity contribution in [3.05, 3.63) is 24.3 Å². The fourth-order valence-electron chi connectivity index (χ4n) is 3.03. The van der Waals surface area contributed by atoms with Gasteiger partial charge in [0, 0.05) is 45.9 Å². The smallest absolute Gasteiger partial charge is 0.317 e. The molecule has 0 aromatic carbocycles. The molecule has 3 heterocycles. The standard InChI is InChI=1S/C15H21N5O2/c1-16-15(21)19-6-4-11(10-19)14-18-12-3-5-17-9-13(12)20(14)7-8-22-2/h3,5,9,11H,4,6-8,10H2,1-2H3,(H,16,21)/t11-/m0/s1. The Morgan fingerprint density at radius 1 is 1.55 bits per heavy atom. The minimum absolute atomic E-state index is 0.0243. The van der Waals surface area contributed by atoms with E-state index in [9.17, 15) is 4.79 Å². The lowest BCUT2D eigenvalue weighted by atomic mass is 10.1. The van der Waals surface area contributed by atoms with Crippen LogP contribution in [-0.2, 0) is 11.3 Å². The molecule has 1 saturated heterocycles. The number of ether oxygens (including phenoxy) is 1. The average Bonchev–Trinajstić information content (AvgIpc) is 3.16. The molecule has 1 aliphatic heterocycles. The molecular formula is C15H21N5O2. The number of aromatic nitrogens is 3. The van der Waals surface area contributed by atoms with Crippen LogP contribution in [0, 0.1) is 0 Å². The van der Waals surface area contributed by atoms with Crippen LogP contribution in [0.1, 0.15) is 18.2 Å². The number of carbonyl (C=O) groups excluding carboxylic acids is 1. The molecule has 0 saturated carbocycles. The number of fused-ring (bicyclic) bond motifs is 1. The topological polar surface area (TPSA) is 72.3 Å². The summed E-state index contributed by atoms with van der Waals surface area (Å²) in [6.45, 7) is 2.82. The molecule has 2 aromatic heterocycles. The number of pyridine rings is 1. The minimum atomic E-state index is -0.0243. The van der Waals surface area contributed by atoms with Crippen molar-refractivity contribution in [3.63, 3.8) is 0 Å². The van der Waals surface area contributed by atoms with E-state index < -0.39 is 0 Å². The van der Waals surface area contributed by atoms with E-state index in [2.05, 4.69) is 14.9 Å². The van der Waals surface area contributed by atoms with Gasteiger partial charge in [-0.2, -0.15) is 0 Å². The number of likely N-dealkylation sites (tertiary alicyclic amines) is 1. The Morgan fingerprint density at radius 3 is 3.18 bits per heavy atom. The molecule has 0 radical (unpaired) electrons. The van der Waals surface area contributed by atoms with Crippen molar-refractivity contribution in [3.8, 4) is 0 Å². The Bertz CT molecular complexity index is 669. The summed E-state index contributed by atoms with van der Waals surface area (Å²) < 4.78 is 7.39. The summed E-state index contributed by atoms with van der Waals surface area (Å²) in [6.07, 6.45) is 4.52. The Hall–Kier alpha value is -2.15. The van der Waals surface area contributed by atoms with Crippen LogP contribution >= 0.6 is 0 Å². The van der Waals surface area contributed by atoms with Gasteiger partial charge in [0.05, 0.1) is 23.8 Å². The maximum Gasteiger partial charge on any atom is 0.317 e. The van der Waals surface area contributed by atoms with Crippen LogP contribution in [0.15, 0.2) is 18.5 Å². The second kappa shape index (κ2) is 6.31. The molecule has 7 heteroatoms. The van der Waals surface area contributed by atoms with Gasteiger partial charge in [-0.05, 0) is 12.5 Å². The van der Waals surface area contributed by atoms with Crippen molar-refractivity contribution in [1.82, 2.24) is 24.8 Å². The first-order valence-electron chi connectivity index (χ1n) is 7.50. The highest BCUT2D eigenvalue weighted by molar-refractivity contribution is 5.75. The highest BCUT2D eigenvalue weighted by atomic mass is 16.5. The van der Waals surface area contributed by atoms with Crippen molar-refractivity contribution in [1.29, 1.82) is 0 Å². The number of imidazole rings is 1. The average molecular weight is 303 g/mol. The zero-order chi connectivity index (χ0) is 15.5. The zero-order valence-corrected chi connectivity index (χ0v) is 13.0. The predicted octanol–water partition coefficient (Wildman–Crippen LogP) is 1.21. The number of carbonyl (C=O) groups is 1. The molecule has 0 bridgehead atoms. The van der Waals surface area contributed by atoms with Crippen molar-refractivity contribution in [2.24, 2.45) is 0 Å². The summed E-state index contributed by atoms with van der Waals surface area (Å²) in [6, 6.07) is 1.90. The fourth-order valence-corrected chi connectivity index (χ4v) is 3.03. The van der Waals surface area contributed by atoms with Crippen LogP contribution in [0.3, 0.4) is 0 Å². The van der Waals surface area contributed by atoms with E-state index in [1.54, 1.807) is 20.4 Å². The number of hydrogen-bond acceptors (Lipinski definition) is 4. The lowest BCUT2D eigenvalue weighted by Gasteiger charge is -2.16. The van der Waals surface area contributed by atoms with E-state index in [0.29, 0.717) is 13.2 Å². The molecule has 118 valence electrons. The quantitative estimate of drug-likeness (QED) is 0.921. The third-order valence-corrected chi connectivity index (χ3v) is 4.15. The summed E-state index contributed by atoms with van der Waals surface area (Å²) in [7, 11) is 3.36. The second-order valence-corrected chi connectivity index (χ2v) is 5.47. The molecule has 22 heavy (non-hydrogen) atoms. The Kier molecular flexibility index (Phi) is 4.24. The monoisotopic (exact) mass is 303 g/mol. The van der Waals surface area contributed by atoms with Gasteiger partial charge in [0.15, 0.2) is 0 Å². The molecule has 2 aromatic rings. The number of urea groups is 1. The highest BCUT2D eigenvalue weighted by Gasteiger charge is 2.30. The first kappa shape index (κ1) is 14.8. The zero-order valence-electron chi connectivity index (χ0n) is 13.0. The van der Waals surface area contributed by atoms with Crippen LogP contribution in [0.25, 0.3) is 11.0 Å². The Morgan fingerprint density at radius 2 is 2.41 bits per heavy atom. The van der Waals surface area contributed by atoms with Gasteiger partial charge in [-0.15, -0.1) is 0 Å². The lowest BCUT2D eigenvalue weighted by Crippen LogP contribution is -2.36. The molecule has 1 N–H and O–H groups in total. The number of amides is 2. The molecule has 1 atom stereocenters. The number of nitrogens with one attached hydrogen (secondary N) is 1. The number of nitrogens with zero attached hydrogens (tertiary/aromatic N) is 4. The molecule has 0 aliphatic carbocycles. The molecular weight excluding hydrogens is 282 g/mol. The SMILES string of the molecule is CNC(=O)N1CC[C@H](c2nc3ccncc3n2CCOC)C1. The molecule has 7 nitrogen and oxygen atoms in total. The van der Waals surface area contributed by atoms with E-state index in [4.69, 9.17) is 9.72 Å². The van der Waals surface area contributed by atoms with Crippen molar-refractivity contribution in [2.45, 2.75) is 18.9 Å². The van der Waals surface area contributed by atoms with E-state index in [0.717, 1.165) is 36.4 Å².